The van der Waals surface area contributed by atoms with E-state index in [1.807, 2.05) is 43.3 Å². The van der Waals surface area contributed by atoms with Gasteiger partial charge in [0.1, 0.15) is 5.60 Å². The quantitative estimate of drug-likeness (QED) is 0.879. The fraction of sp³-hybridized carbons (Fsp3) is 0.357. The van der Waals surface area contributed by atoms with Crippen molar-refractivity contribution in [3.8, 4) is 5.69 Å². The summed E-state index contributed by atoms with van der Waals surface area (Å²) in [5.41, 5.74) is 0.666. The molecule has 96 valence electrons. The minimum atomic E-state index is -1.01. The van der Waals surface area contributed by atoms with Gasteiger partial charge in [-0.05, 0) is 24.6 Å². The fourth-order valence-electron chi connectivity index (χ4n) is 2.03. The summed E-state index contributed by atoms with van der Waals surface area (Å²) in [5, 5.41) is 14.9. The predicted molar refractivity (Wildman–Crippen MR) is 69.6 cm³/mol. The Morgan fingerprint density at radius 3 is 2.61 bits per heavy atom. The maximum Gasteiger partial charge on any atom is 0.129 e. The third-order valence-corrected chi connectivity index (χ3v) is 3.09. The molecule has 0 amide bonds. The van der Waals surface area contributed by atoms with Gasteiger partial charge in [-0.1, -0.05) is 25.1 Å². The number of aliphatic hydroxyl groups is 1. The first-order valence-electron chi connectivity index (χ1n) is 6.02. The lowest BCUT2D eigenvalue weighted by atomic mass is 9.97. The van der Waals surface area contributed by atoms with Crippen molar-refractivity contribution in [3.63, 3.8) is 0 Å². The zero-order chi connectivity index (χ0) is 13.0. The summed E-state index contributed by atoms with van der Waals surface area (Å²) in [4.78, 5) is 0. The van der Waals surface area contributed by atoms with Gasteiger partial charge in [0, 0.05) is 13.3 Å². The first-order valence-corrected chi connectivity index (χ1v) is 6.02. The highest BCUT2D eigenvalue weighted by Crippen LogP contribution is 2.26. The molecule has 0 fully saturated rings. The Morgan fingerprint density at radius 2 is 2.00 bits per heavy atom. The van der Waals surface area contributed by atoms with E-state index in [4.69, 9.17) is 4.74 Å². The number of hydrogen-bond acceptors (Lipinski definition) is 3. The molecule has 1 N–H and O–H groups in total. The number of methoxy groups -OCH3 is 1. The standard InChI is InChI=1S/C14H18N2O2/c1-3-14(17,11-18-2)13-9-10-15-16(13)12-7-5-4-6-8-12/h4-10,17H,3,11H2,1-2H3. The molecule has 0 saturated heterocycles. The third-order valence-electron chi connectivity index (χ3n) is 3.09. The zero-order valence-electron chi connectivity index (χ0n) is 10.7. The Labute approximate surface area is 107 Å². The molecular formula is C14H18N2O2. The Balaban J connectivity index is 2.44. The van der Waals surface area contributed by atoms with Crippen LogP contribution in [0.25, 0.3) is 5.69 Å². The molecule has 2 aromatic rings. The zero-order valence-corrected chi connectivity index (χ0v) is 10.7. The summed E-state index contributed by atoms with van der Waals surface area (Å²) in [6.07, 6.45) is 2.26. The van der Waals surface area contributed by atoms with E-state index in [2.05, 4.69) is 5.10 Å². The van der Waals surface area contributed by atoms with E-state index in [0.717, 1.165) is 11.4 Å². The van der Waals surface area contributed by atoms with Gasteiger partial charge >= 0.3 is 0 Å². The molecule has 18 heavy (non-hydrogen) atoms. The molecule has 1 atom stereocenters. The van der Waals surface area contributed by atoms with Crippen LogP contribution in [0.15, 0.2) is 42.6 Å². The van der Waals surface area contributed by atoms with Gasteiger partial charge in [0.25, 0.3) is 0 Å². The molecule has 0 spiro atoms. The van der Waals surface area contributed by atoms with Gasteiger partial charge < -0.3 is 9.84 Å². The summed E-state index contributed by atoms with van der Waals surface area (Å²) in [7, 11) is 1.59. The second-order valence-electron chi connectivity index (χ2n) is 4.28. The summed E-state index contributed by atoms with van der Waals surface area (Å²) in [6, 6.07) is 11.6. The Hall–Kier alpha value is -1.65. The lowest BCUT2D eigenvalue weighted by molar-refractivity contribution is -0.0433. The van der Waals surface area contributed by atoms with Crippen LogP contribution in [0.2, 0.25) is 0 Å². The van der Waals surface area contributed by atoms with Crippen molar-refractivity contribution in [1.29, 1.82) is 0 Å². The smallest absolute Gasteiger partial charge is 0.129 e. The molecule has 0 radical (unpaired) electrons. The van der Waals surface area contributed by atoms with Crippen molar-refractivity contribution in [2.45, 2.75) is 18.9 Å². The Bertz CT molecular complexity index is 496. The van der Waals surface area contributed by atoms with E-state index in [1.165, 1.54) is 0 Å². The molecule has 4 nitrogen and oxygen atoms in total. The van der Waals surface area contributed by atoms with Gasteiger partial charge in [0.05, 0.1) is 18.0 Å². The molecule has 1 unspecified atom stereocenters. The van der Waals surface area contributed by atoms with Crippen LogP contribution < -0.4 is 0 Å². The molecule has 0 aliphatic heterocycles. The average Bonchev–Trinajstić information content (AvgIpc) is 2.90. The van der Waals surface area contributed by atoms with Crippen molar-refractivity contribution < 1.29 is 9.84 Å². The van der Waals surface area contributed by atoms with Gasteiger partial charge in [-0.2, -0.15) is 5.10 Å². The fourth-order valence-corrected chi connectivity index (χ4v) is 2.03. The van der Waals surface area contributed by atoms with E-state index in [1.54, 1.807) is 18.0 Å². The van der Waals surface area contributed by atoms with Crippen LogP contribution in [-0.2, 0) is 10.3 Å². The molecule has 0 aliphatic rings. The summed E-state index contributed by atoms with van der Waals surface area (Å²) < 4.78 is 6.87. The van der Waals surface area contributed by atoms with Crippen LogP contribution in [0.1, 0.15) is 19.0 Å². The molecule has 0 bridgehead atoms. The van der Waals surface area contributed by atoms with Crippen molar-refractivity contribution >= 4 is 0 Å². The van der Waals surface area contributed by atoms with E-state index >= 15 is 0 Å². The van der Waals surface area contributed by atoms with Gasteiger partial charge in [-0.25, -0.2) is 4.68 Å². The van der Waals surface area contributed by atoms with E-state index in [0.29, 0.717) is 6.42 Å². The average molecular weight is 246 g/mol. The van der Waals surface area contributed by atoms with E-state index in [9.17, 15) is 5.11 Å². The van der Waals surface area contributed by atoms with Crippen molar-refractivity contribution in [2.75, 3.05) is 13.7 Å². The topological polar surface area (TPSA) is 47.3 Å². The highest BCUT2D eigenvalue weighted by Gasteiger charge is 2.31. The maximum atomic E-state index is 10.6. The first-order chi connectivity index (χ1) is 8.71. The largest absolute Gasteiger partial charge is 0.381 e. The highest BCUT2D eigenvalue weighted by molar-refractivity contribution is 5.33. The molecule has 4 heteroatoms. The predicted octanol–water partition coefficient (Wildman–Crippen LogP) is 2.12. The Morgan fingerprint density at radius 1 is 1.28 bits per heavy atom. The number of aromatic nitrogens is 2. The maximum absolute atomic E-state index is 10.6. The number of rotatable bonds is 5. The number of nitrogens with zero attached hydrogens (tertiary/aromatic N) is 2. The van der Waals surface area contributed by atoms with Crippen molar-refractivity contribution in [1.82, 2.24) is 9.78 Å². The van der Waals surface area contributed by atoms with Crippen LogP contribution in [0.4, 0.5) is 0 Å². The molecule has 1 heterocycles. The summed E-state index contributed by atoms with van der Waals surface area (Å²) >= 11 is 0. The van der Waals surface area contributed by atoms with Crippen molar-refractivity contribution in [3.05, 3.63) is 48.3 Å². The van der Waals surface area contributed by atoms with Crippen LogP contribution in [0.3, 0.4) is 0 Å². The second-order valence-corrected chi connectivity index (χ2v) is 4.28. The minimum Gasteiger partial charge on any atom is -0.381 e. The van der Waals surface area contributed by atoms with Crippen LogP contribution in [-0.4, -0.2) is 28.6 Å². The lowest BCUT2D eigenvalue weighted by Crippen LogP contribution is -2.33. The lowest BCUT2D eigenvalue weighted by Gasteiger charge is -2.26. The first kappa shape index (κ1) is 12.8. The highest BCUT2D eigenvalue weighted by atomic mass is 16.5. The van der Waals surface area contributed by atoms with Crippen LogP contribution in [0.5, 0.6) is 0 Å². The summed E-state index contributed by atoms with van der Waals surface area (Å²) in [6.45, 7) is 2.18. The number of benzene rings is 1. The third kappa shape index (κ3) is 2.30. The van der Waals surface area contributed by atoms with Crippen LogP contribution >= 0.6 is 0 Å². The van der Waals surface area contributed by atoms with E-state index < -0.39 is 5.60 Å². The van der Waals surface area contributed by atoms with Gasteiger partial charge in [-0.3, -0.25) is 0 Å². The molecular weight excluding hydrogens is 228 g/mol. The van der Waals surface area contributed by atoms with Gasteiger partial charge in [0.2, 0.25) is 0 Å². The van der Waals surface area contributed by atoms with Gasteiger partial charge in [-0.15, -0.1) is 0 Å². The molecule has 1 aromatic carbocycles. The SMILES string of the molecule is CCC(O)(COC)c1ccnn1-c1ccccc1. The summed E-state index contributed by atoms with van der Waals surface area (Å²) in [5.74, 6) is 0. The van der Waals surface area contributed by atoms with Crippen molar-refractivity contribution in [2.24, 2.45) is 0 Å². The monoisotopic (exact) mass is 246 g/mol. The number of hydrogen-bond donors (Lipinski definition) is 1. The molecule has 0 aliphatic carbocycles. The minimum absolute atomic E-state index is 0.252. The number of para-hydroxylation sites is 1. The molecule has 0 saturated carbocycles. The van der Waals surface area contributed by atoms with Gasteiger partial charge in [0.15, 0.2) is 0 Å². The second kappa shape index (κ2) is 5.33. The Kier molecular flexibility index (Phi) is 3.79. The molecule has 1 aromatic heterocycles. The number of ether oxygens (including phenoxy) is 1. The van der Waals surface area contributed by atoms with E-state index in [-0.39, 0.29) is 6.61 Å². The van der Waals surface area contributed by atoms with Crippen LogP contribution in [0, 0.1) is 0 Å². The normalized spacial score (nSPS) is 14.4. The molecule has 2 rings (SSSR count).